The molecule has 2 nitrogen and oxygen atoms in total. The largest absolute Gasteiger partial charge is 0.489 e. The number of ether oxygens (including phenoxy) is 1. The number of para-hydroxylation sites is 1. The van der Waals surface area contributed by atoms with Gasteiger partial charge in [0.2, 0.25) is 0 Å². The quantitative estimate of drug-likeness (QED) is 0.750. The second-order valence-corrected chi connectivity index (χ2v) is 3.72. The van der Waals surface area contributed by atoms with E-state index in [0.717, 1.165) is 23.3 Å². The molecule has 15 heavy (non-hydrogen) atoms. The average molecular weight is 205 g/mol. The van der Waals surface area contributed by atoms with Gasteiger partial charge in [-0.1, -0.05) is 31.7 Å². The van der Waals surface area contributed by atoms with E-state index in [9.17, 15) is 0 Å². The number of nitrogens with two attached hydrogens (primary N) is 1. The molecule has 2 heteroatoms. The normalized spacial score (nSPS) is 12.2. The summed E-state index contributed by atoms with van der Waals surface area (Å²) in [7, 11) is 0. The van der Waals surface area contributed by atoms with Crippen LogP contribution in [0, 0.1) is 0 Å². The summed E-state index contributed by atoms with van der Waals surface area (Å²) in [4.78, 5) is 0. The molecule has 1 aromatic carbocycles. The zero-order chi connectivity index (χ0) is 11.3. The highest BCUT2D eigenvalue weighted by atomic mass is 16.5. The van der Waals surface area contributed by atoms with E-state index in [4.69, 9.17) is 10.5 Å². The highest BCUT2D eigenvalue weighted by Crippen LogP contribution is 2.23. The van der Waals surface area contributed by atoms with E-state index in [-0.39, 0.29) is 6.04 Å². The lowest BCUT2D eigenvalue weighted by atomic mass is 10.1. The molecule has 82 valence electrons. The summed E-state index contributed by atoms with van der Waals surface area (Å²) in [6.07, 6.45) is 0.945. The molecule has 2 N–H and O–H groups in total. The predicted molar refractivity (Wildman–Crippen MR) is 64.0 cm³/mol. The lowest BCUT2D eigenvalue weighted by Gasteiger charge is -2.14. The van der Waals surface area contributed by atoms with Crippen molar-refractivity contribution in [2.75, 3.05) is 6.61 Å². The minimum Gasteiger partial charge on any atom is -0.489 e. The molecular weight excluding hydrogens is 186 g/mol. The molecule has 0 saturated carbocycles. The van der Waals surface area contributed by atoms with Crippen LogP contribution in [0.3, 0.4) is 0 Å². The van der Waals surface area contributed by atoms with Gasteiger partial charge < -0.3 is 10.5 Å². The molecule has 0 aliphatic rings. The molecular formula is C13H19NO. The fourth-order valence-electron chi connectivity index (χ4n) is 1.27. The first-order valence-corrected chi connectivity index (χ1v) is 5.29. The van der Waals surface area contributed by atoms with E-state index in [1.165, 1.54) is 0 Å². The summed E-state index contributed by atoms with van der Waals surface area (Å²) >= 11 is 0. The van der Waals surface area contributed by atoms with Crippen LogP contribution in [0.15, 0.2) is 36.4 Å². The Labute approximate surface area is 91.7 Å². The van der Waals surface area contributed by atoms with E-state index >= 15 is 0 Å². The van der Waals surface area contributed by atoms with Crippen molar-refractivity contribution in [3.63, 3.8) is 0 Å². The van der Waals surface area contributed by atoms with Gasteiger partial charge in [-0.25, -0.2) is 0 Å². The van der Waals surface area contributed by atoms with Gasteiger partial charge >= 0.3 is 0 Å². The van der Waals surface area contributed by atoms with Crippen LogP contribution in [-0.4, -0.2) is 6.61 Å². The minimum absolute atomic E-state index is 0.00362. The first-order valence-electron chi connectivity index (χ1n) is 5.29. The average Bonchev–Trinajstić information content (AvgIpc) is 2.26. The summed E-state index contributed by atoms with van der Waals surface area (Å²) < 4.78 is 5.67. The van der Waals surface area contributed by atoms with Gasteiger partial charge in [0.25, 0.3) is 0 Å². The Bertz CT molecular complexity index is 331. The number of hydrogen-bond acceptors (Lipinski definition) is 2. The Hall–Kier alpha value is -1.28. The molecule has 0 spiro atoms. The van der Waals surface area contributed by atoms with E-state index in [0.29, 0.717) is 6.61 Å². The van der Waals surface area contributed by atoms with Crippen molar-refractivity contribution in [1.82, 2.24) is 0 Å². The standard InChI is InChI=1S/C13H19NO/c1-4-10(2)9-15-13-8-6-5-7-12(13)11(3)14/h5-8,11H,2,4,9,14H2,1,3H3/t11-/m1/s1. The Morgan fingerprint density at radius 2 is 2.13 bits per heavy atom. The van der Waals surface area contributed by atoms with Crippen molar-refractivity contribution in [3.05, 3.63) is 42.0 Å². The summed E-state index contributed by atoms with van der Waals surface area (Å²) in [6, 6.07) is 7.86. The molecule has 0 unspecified atom stereocenters. The molecule has 1 rings (SSSR count). The van der Waals surface area contributed by atoms with Crippen LogP contribution in [-0.2, 0) is 0 Å². The molecule has 0 radical (unpaired) electrons. The zero-order valence-corrected chi connectivity index (χ0v) is 9.49. The Kier molecular flexibility index (Phi) is 4.37. The van der Waals surface area contributed by atoms with Crippen LogP contribution < -0.4 is 10.5 Å². The van der Waals surface area contributed by atoms with Crippen LogP contribution >= 0.6 is 0 Å². The van der Waals surface area contributed by atoms with E-state index in [1.807, 2.05) is 31.2 Å². The van der Waals surface area contributed by atoms with Crippen LogP contribution in [0.4, 0.5) is 0 Å². The lowest BCUT2D eigenvalue weighted by Crippen LogP contribution is -2.09. The summed E-state index contributed by atoms with van der Waals surface area (Å²) in [5, 5.41) is 0. The first kappa shape index (κ1) is 11.8. The van der Waals surface area contributed by atoms with E-state index in [1.54, 1.807) is 0 Å². The van der Waals surface area contributed by atoms with Crippen LogP contribution in [0.5, 0.6) is 5.75 Å². The second-order valence-electron chi connectivity index (χ2n) is 3.72. The molecule has 0 heterocycles. The molecule has 0 aromatic heterocycles. The predicted octanol–water partition coefficient (Wildman–Crippen LogP) is 3.05. The van der Waals surface area contributed by atoms with Gasteiger partial charge in [-0.3, -0.25) is 0 Å². The van der Waals surface area contributed by atoms with Crippen molar-refractivity contribution >= 4 is 0 Å². The molecule has 1 aromatic rings. The highest BCUT2D eigenvalue weighted by Gasteiger charge is 2.06. The molecule has 0 amide bonds. The third-order valence-electron chi connectivity index (χ3n) is 2.34. The third kappa shape index (κ3) is 3.40. The first-order chi connectivity index (χ1) is 7.15. The fourth-order valence-corrected chi connectivity index (χ4v) is 1.27. The van der Waals surface area contributed by atoms with Gasteiger partial charge in [0.15, 0.2) is 0 Å². The summed E-state index contributed by atoms with van der Waals surface area (Å²) in [5.41, 5.74) is 7.99. The topological polar surface area (TPSA) is 35.2 Å². The minimum atomic E-state index is -0.00362. The maximum absolute atomic E-state index is 5.85. The van der Waals surface area contributed by atoms with E-state index < -0.39 is 0 Å². The molecule has 0 bridgehead atoms. The Balaban J connectivity index is 2.71. The van der Waals surface area contributed by atoms with Gasteiger partial charge in [-0.15, -0.1) is 0 Å². The number of benzene rings is 1. The summed E-state index contributed by atoms with van der Waals surface area (Å²) in [5.74, 6) is 0.863. The molecule has 0 saturated heterocycles. The molecule has 1 atom stereocenters. The highest BCUT2D eigenvalue weighted by molar-refractivity contribution is 5.35. The number of hydrogen-bond donors (Lipinski definition) is 1. The van der Waals surface area contributed by atoms with Crippen molar-refractivity contribution in [2.24, 2.45) is 5.73 Å². The van der Waals surface area contributed by atoms with Crippen LogP contribution in [0.25, 0.3) is 0 Å². The molecule has 0 fully saturated rings. The van der Waals surface area contributed by atoms with Gasteiger partial charge in [0, 0.05) is 11.6 Å². The van der Waals surface area contributed by atoms with Gasteiger partial charge in [0.1, 0.15) is 12.4 Å². The number of rotatable bonds is 5. The van der Waals surface area contributed by atoms with Gasteiger partial charge in [-0.05, 0) is 25.0 Å². The third-order valence-corrected chi connectivity index (χ3v) is 2.34. The Morgan fingerprint density at radius 3 is 2.73 bits per heavy atom. The zero-order valence-electron chi connectivity index (χ0n) is 9.49. The fraction of sp³-hybridized carbons (Fsp3) is 0.385. The van der Waals surface area contributed by atoms with Crippen molar-refractivity contribution in [1.29, 1.82) is 0 Å². The van der Waals surface area contributed by atoms with Crippen LogP contribution in [0.2, 0.25) is 0 Å². The maximum Gasteiger partial charge on any atom is 0.124 e. The molecule has 0 aliphatic heterocycles. The van der Waals surface area contributed by atoms with Gasteiger partial charge in [0.05, 0.1) is 0 Å². The second kappa shape index (κ2) is 5.56. The lowest BCUT2D eigenvalue weighted by molar-refractivity contribution is 0.343. The van der Waals surface area contributed by atoms with Gasteiger partial charge in [-0.2, -0.15) is 0 Å². The van der Waals surface area contributed by atoms with E-state index in [2.05, 4.69) is 13.5 Å². The van der Waals surface area contributed by atoms with Crippen molar-refractivity contribution < 1.29 is 4.74 Å². The maximum atomic E-state index is 5.85. The molecule has 0 aliphatic carbocycles. The van der Waals surface area contributed by atoms with Crippen molar-refractivity contribution in [3.8, 4) is 5.75 Å². The van der Waals surface area contributed by atoms with Crippen LogP contribution in [0.1, 0.15) is 31.9 Å². The summed E-state index contributed by atoms with van der Waals surface area (Å²) in [6.45, 7) is 8.50. The Morgan fingerprint density at radius 1 is 1.47 bits per heavy atom. The van der Waals surface area contributed by atoms with Crippen molar-refractivity contribution in [2.45, 2.75) is 26.3 Å². The smallest absolute Gasteiger partial charge is 0.124 e. The SMILES string of the molecule is C=C(CC)COc1ccccc1[C@@H](C)N. The monoisotopic (exact) mass is 205 g/mol.